The number of aryl methyl sites for hydroxylation is 1. The van der Waals surface area contributed by atoms with E-state index < -0.39 is 0 Å². The molecule has 0 saturated heterocycles. The van der Waals surface area contributed by atoms with Gasteiger partial charge in [0.1, 0.15) is 15.7 Å². The van der Waals surface area contributed by atoms with Crippen molar-refractivity contribution in [3.63, 3.8) is 0 Å². The number of aromatic nitrogens is 2. The first-order valence-electron chi connectivity index (χ1n) is 3.57. The van der Waals surface area contributed by atoms with Crippen LogP contribution in [0.4, 0.5) is 0 Å². The van der Waals surface area contributed by atoms with Gasteiger partial charge in [0.2, 0.25) is 0 Å². The lowest BCUT2D eigenvalue weighted by Crippen LogP contribution is -1.88. The van der Waals surface area contributed by atoms with Crippen LogP contribution in [0.15, 0.2) is 16.5 Å². The van der Waals surface area contributed by atoms with Crippen LogP contribution in [0.25, 0.3) is 10.2 Å². The normalized spacial score (nSPS) is 10.8. The molecule has 0 fully saturated rings. The maximum Gasteiger partial charge on any atom is 0.128 e. The minimum absolute atomic E-state index is 0.856. The van der Waals surface area contributed by atoms with Crippen molar-refractivity contribution in [1.82, 2.24) is 9.97 Å². The molecule has 0 spiro atoms. The van der Waals surface area contributed by atoms with Gasteiger partial charge in [-0.05, 0) is 24.6 Å². The van der Waals surface area contributed by atoms with Gasteiger partial charge in [-0.2, -0.15) is 0 Å². The summed E-state index contributed by atoms with van der Waals surface area (Å²) in [6.45, 7) is 1.93. The Kier molecular flexibility index (Phi) is 2.02. The van der Waals surface area contributed by atoms with Crippen molar-refractivity contribution >= 4 is 33.3 Å². The van der Waals surface area contributed by atoms with Crippen LogP contribution < -0.4 is 0 Å². The third kappa shape index (κ3) is 1.21. The second-order valence-corrected chi connectivity index (χ2v) is 4.11. The van der Waals surface area contributed by atoms with Gasteiger partial charge in [-0.1, -0.05) is 0 Å². The number of nitrogens with zero attached hydrogens (tertiary/aromatic N) is 2. The molecule has 0 aliphatic rings. The topological polar surface area (TPSA) is 25.8 Å². The van der Waals surface area contributed by atoms with E-state index in [-0.39, 0.29) is 0 Å². The molecule has 0 aromatic carbocycles. The molecule has 0 saturated carbocycles. The Morgan fingerprint density at radius 1 is 1.42 bits per heavy atom. The van der Waals surface area contributed by atoms with Crippen LogP contribution in [0.2, 0.25) is 0 Å². The SMILES string of the molecule is CSc1nc(C)nc2sccc12. The molecule has 0 amide bonds. The quantitative estimate of drug-likeness (QED) is 0.518. The lowest BCUT2D eigenvalue weighted by Gasteiger charge is -1.98. The van der Waals surface area contributed by atoms with Gasteiger partial charge in [-0.15, -0.1) is 23.1 Å². The molecule has 2 rings (SSSR count). The summed E-state index contributed by atoms with van der Waals surface area (Å²) in [4.78, 5) is 9.78. The zero-order valence-corrected chi connectivity index (χ0v) is 8.50. The summed E-state index contributed by atoms with van der Waals surface area (Å²) < 4.78 is 0. The molecule has 0 atom stereocenters. The summed E-state index contributed by atoms with van der Waals surface area (Å²) >= 11 is 3.34. The van der Waals surface area contributed by atoms with E-state index >= 15 is 0 Å². The Bertz CT molecular complexity index is 408. The molecule has 2 aromatic heterocycles. The van der Waals surface area contributed by atoms with E-state index in [0.29, 0.717) is 0 Å². The Hall–Kier alpha value is -0.610. The molecule has 4 heteroatoms. The van der Waals surface area contributed by atoms with Crippen molar-refractivity contribution in [2.45, 2.75) is 11.9 Å². The maximum atomic E-state index is 4.35. The third-order valence-electron chi connectivity index (χ3n) is 1.60. The molecule has 0 aliphatic heterocycles. The molecule has 2 nitrogen and oxygen atoms in total. The molecule has 0 unspecified atom stereocenters. The van der Waals surface area contributed by atoms with Gasteiger partial charge in [0.25, 0.3) is 0 Å². The summed E-state index contributed by atoms with van der Waals surface area (Å²) in [6.07, 6.45) is 2.04. The van der Waals surface area contributed by atoms with Gasteiger partial charge < -0.3 is 0 Å². The van der Waals surface area contributed by atoms with Crippen molar-refractivity contribution in [3.05, 3.63) is 17.3 Å². The fourth-order valence-electron chi connectivity index (χ4n) is 1.09. The summed E-state index contributed by atoms with van der Waals surface area (Å²) in [5.41, 5.74) is 0. The van der Waals surface area contributed by atoms with Gasteiger partial charge in [-0.25, -0.2) is 9.97 Å². The summed E-state index contributed by atoms with van der Waals surface area (Å²) in [5.74, 6) is 0.856. The van der Waals surface area contributed by atoms with Crippen LogP contribution in [0.1, 0.15) is 5.82 Å². The number of hydrogen-bond acceptors (Lipinski definition) is 4. The molecule has 2 aromatic rings. The summed E-state index contributed by atoms with van der Waals surface area (Å²) in [7, 11) is 0. The highest BCUT2D eigenvalue weighted by Crippen LogP contribution is 2.26. The highest BCUT2D eigenvalue weighted by Gasteiger charge is 2.04. The summed E-state index contributed by atoms with van der Waals surface area (Å²) in [5, 5.41) is 4.32. The van der Waals surface area contributed by atoms with Gasteiger partial charge in [-0.3, -0.25) is 0 Å². The van der Waals surface area contributed by atoms with Crippen LogP contribution in [0, 0.1) is 6.92 Å². The van der Waals surface area contributed by atoms with Crippen molar-refractivity contribution in [2.75, 3.05) is 6.26 Å². The van der Waals surface area contributed by atoms with Gasteiger partial charge in [0, 0.05) is 5.39 Å². The predicted molar refractivity (Wildman–Crippen MR) is 53.9 cm³/mol. The van der Waals surface area contributed by atoms with Gasteiger partial charge in [0.05, 0.1) is 0 Å². The second-order valence-electron chi connectivity index (χ2n) is 2.42. The van der Waals surface area contributed by atoms with Gasteiger partial charge >= 0.3 is 0 Å². The Labute approximate surface area is 79.0 Å². The lowest BCUT2D eigenvalue weighted by molar-refractivity contribution is 1.02. The second kappa shape index (κ2) is 3.03. The molecule has 0 N–H and O–H groups in total. The molecule has 2 heterocycles. The van der Waals surface area contributed by atoms with Gasteiger partial charge in [0.15, 0.2) is 0 Å². The van der Waals surface area contributed by atoms with Crippen LogP contribution in [-0.2, 0) is 0 Å². The van der Waals surface area contributed by atoms with E-state index in [2.05, 4.69) is 21.4 Å². The number of thiophene rings is 1. The average Bonchev–Trinajstić information content (AvgIpc) is 2.50. The molecule has 0 radical (unpaired) electrons. The molecular weight excluding hydrogens is 188 g/mol. The Morgan fingerprint density at radius 2 is 2.25 bits per heavy atom. The standard InChI is InChI=1S/C8H8N2S2/c1-5-9-7(11-2)6-3-4-12-8(6)10-5/h3-4H,1-2H3. The number of fused-ring (bicyclic) bond motifs is 1. The highest BCUT2D eigenvalue weighted by molar-refractivity contribution is 7.98. The third-order valence-corrected chi connectivity index (χ3v) is 3.10. The van der Waals surface area contributed by atoms with Crippen LogP contribution in [0.5, 0.6) is 0 Å². The monoisotopic (exact) mass is 196 g/mol. The Morgan fingerprint density at radius 3 is 3.00 bits per heavy atom. The first-order valence-corrected chi connectivity index (χ1v) is 5.67. The first kappa shape index (κ1) is 8.01. The number of rotatable bonds is 1. The van der Waals surface area contributed by atoms with E-state index in [1.165, 1.54) is 5.39 Å². The molecule has 0 bridgehead atoms. The minimum Gasteiger partial charge on any atom is -0.226 e. The van der Waals surface area contributed by atoms with Crippen LogP contribution in [0.3, 0.4) is 0 Å². The molecule has 0 aliphatic carbocycles. The molecule has 12 heavy (non-hydrogen) atoms. The fourth-order valence-corrected chi connectivity index (χ4v) is 2.57. The first-order chi connectivity index (χ1) is 5.81. The van der Waals surface area contributed by atoms with E-state index in [1.807, 2.05) is 13.2 Å². The van der Waals surface area contributed by atoms with Crippen LogP contribution >= 0.6 is 23.1 Å². The van der Waals surface area contributed by atoms with Crippen molar-refractivity contribution in [2.24, 2.45) is 0 Å². The predicted octanol–water partition coefficient (Wildman–Crippen LogP) is 2.72. The van der Waals surface area contributed by atoms with E-state index in [9.17, 15) is 0 Å². The Balaban J connectivity index is 2.80. The number of hydrogen-bond donors (Lipinski definition) is 0. The molecule has 62 valence electrons. The van der Waals surface area contributed by atoms with E-state index in [1.54, 1.807) is 23.1 Å². The lowest BCUT2D eigenvalue weighted by atomic mass is 10.4. The van der Waals surface area contributed by atoms with E-state index in [4.69, 9.17) is 0 Å². The minimum atomic E-state index is 0.856. The van der Waals surface area contributed by atoms with Crippen molar-refractivity contribution in [3.8, 4) is 0 Å². The maximum absolute atomic E-state index is 4.35. The van der Waals surface area contributed by atoms with Crippen LogP contribution in [-0.4, -0.2) is 16.2 Å². The zero-order valence-electron chi connectivity index (χ0n) is 6.87. The van der Waals surface area contributed by atoms with Crippen molar-refractivity contribution in [1.29, 1.82) is 0 Å². The summed E-state index contributed by atoms with van der Waals surface area (Å²) in [6, 6.07) is 2.07. The highest BCUT2D eigenvalue weighted by atomic mass is 32.2. The van der Waals surface area contributed by atoms with E-state index in [0.717, 1.165) is 15.7 Å². The number of thioether (sulfide) groups is 1. The average molecular weight is 196 g/mol. The molecular formula is C8H8N2S2. The smallest absolute Gasteiger partial charge is 0.128 e. The van der Waals surface area contributed by atoms with Crippen molar-refractivity contribution < 1.29 is 0 Å². The largest absolute Gasteiger partial charge is 0.226 e. The fraction of sp³-hybridized carbons (Fsp3) is 0.250. The zero-order chi connectivity index (χ0) is 8.55.